The maximum atomic E-state index is 14.1. The van der Waals surface area contributed by atoms with E-state index in [0.717, 1.165) is 39.2 Å². The highest BCUT2D eigenvalue weighted by Crippen LogP contribution is 2.56. The molecule has 2 heterocycles. The number of benzene rings is 5. The monoisotopic (exact) mass is 559 g/mol. The second-order valence-corrected chi connectivity index (χ2v) is 13.7. The van der Waals surface area contributed by atoms with Crippen LogP contribution in [0.4, 0.5) is 17.1 Å². The minimum absolute atomic E-state index is 0.0349. The second-order valence-electron chi connectivity index (χ2n) is 11.9. The van der Waals surface area contributed by atoms with Gasteiger partial charge in [-0.3, -0.25) is 4.31 Å². The minimum Gasteiger partial charge on any atom is -0.399 e. The third-order valence-electron chi connectivity index (χ3n) is 9.08. The SMILES string of the molecule is Cc1ccc(S(=O)(=O)N2C[C@@H]3[C@@H](Nc4c(-c5cccc6ccccc56)cc(N)cc4C3(C)C)c3ccccc32)cc1. The lowest BCUT2D eigenvalue weighted by Crippen LogP contribution is -2.52. The van der Waals surface area contributed by atoms with Crippen LogP contribution in [0.15, 0.2) is 108 Å². The molecule has 0 aliphatic carbocycles. The van der Waals surface area contributed by atoms with E-state index >= 15 is 0 Å². The summed E-state index contributed by atoms with van der Waals surface area (Å²) in [5, 5.41) is 6.26. The summed E-state index contributed by atoms with van der Waals surface area (Å²) in [5.74, 6) is -0.0349. The molecule has 0 saturated carbocycles. The Balaban J connectivity index is 1.41. The van der Waals surface area contributed by atoms with E-state index in [1.807, 2.05) is 37.3 Å². The molecule has 41 heavy (non-hydrogen) atoms. The van der Waals surface area contributed by atoms with Crippen LogP contribution in [0.5, 0.6) is 0 Å². The van der Waals surface area contributed by atoms with Crippen molar-refractivity contribution in [1.82, 2.24) is 0 Å². The van der Waals surface area contributed by atoms with Gasteiger partial charge in [-0.2, -0.15) is 0 Å². The molecule has 5 aromatic rings. The van der Waals surface area contributed by atoms with Crippen LogP contribution in [-0.2, 0) is 15.4 Å². The van der Waals surface area contributed by atoms with Gasteiger partial charge in [0.1, 0.15) is 0 Å². The Bertz CT molecular complexity index is 1920. The fraction of sp³-hybridized carbons (Fsp3) is 0.200. The summed E-state index contributed by atoms with van der Waals surface area (Å²) < 4.78 is 29.8. The molecule has 0 aromatic heterocycles. The van der Waals surface area contributed by atoms with Gasteiger partial charge in [0.25, 0.3) is 10.0 Å². The second kappa shape index (κ2) is 9.11. The zero-order valence-electron chi connectivity index (χ0n) is 23.4. The molecule has 0 unspecified atom stereocenters. The number of sulfonamides is 1. The number of nitrogen functional groups attached to an aromatic ring is 1. The average molecular weight is 560 g/mol. The van der Waals surface area contributed by atoms with E-state index < -0.39 is 10.0 Å². The van der Waals surface area contributed by atoms with Gasteiger partial charge in [-0.1, -0.05) is 92.2 Å². The van der Waals surface area contributed by atoms with Crippen molar-refractivity contribution in [3.05, 3.63) is 120 Å². The quantitative estimate of drug-likeness (QED) is 0.223. The summed E-state index contributed by atoms with van der Waals surface area (Å²) in [4.78, 5) is 0.306. The normalized spacial score (nSPS) is 19.1. The molecule has 206 valence electrons. The van der Waals surface area contributed by atoms with Gasteiger partial charge in [-0.25, -0.2) is 8.42 Å². The van der Waals surface area contributed by atoms with Crippen molar-refractivity contribution < 1.29 is 8.42 Å². The van der Waals surface area contributed by atoms with Crippen LogP contribution in [0.2, 0.25) is 0 Å². The molecule has 0 radical (unpaired) electrons. The fourth-order valence-corrected chi connectivity index (χ4v) is 8.34. The first-order chi connectivity index (χ1) is 19.7. The highest BCUT2D eigenvalue weighted by molar-refractivity contribution is 7.92. The Morgan fingerprint density at radius 3 is 2.37 bits per heavy atom. The van der Waals surface area contributed by atoms with Crippen molar-refractivity contribution in [3.63, 3.8) is 0 Å². The molecule has 7 rings (SSSR count). The summed E-state index contributed by atoms with van der Waals surface area (Å²) in [6.07, 6.45) is 0. The summed E-state index contributed by atoms with van der Waals surface area (Å²) >= 11 is 0. The van der Waals surface area contributed by atoms with Gasteiger partial charge in [0.15, 0.2) is 0 Å². The molecule has 0 fully saturated rings. The van der Waals surface area contributed by atoms with E-state index in [4.69, 9.17) is 5.73 Å². The van der Waals surface area contributed by atoms with Crippen molar-refractivity contribution in [2.24, 2.45) is 5.92 Å². The molecule has 0 saturated heterocycles. The minimum atomic E-state index is -3.77. The number of anilines is 3. The molecule has 0 spiro atoms. The maximum absolute atomic E-state index is 14.1. The lowest BCUT2D eigenvalue weighted by atomic mass is 9.64. The number of aryl methyl sites for hydroxylation is 1. The van der Waals surface area contributed by atoms with Crippen molar-refractivity contribution in [3.8, 4) is 11.1 Å². The standard InChI is InChI=1S/C35H33N3O2S/c1-22-15-17-25(18-16-22)41(39,40)38-21-31-33(28-12-6-7-14-32(28)38)37-34-29(19-24(36)20-30(34)35(31,2)3)27-13-8-10-23-9-4-5-11-26(23)27/h4-20,31,33,37H,21,36H2,1-3H3/t31-,33+/m1/s1. The molecular formula is C35H33N3O2S. The molecule has 5 aromatic carbocycles. The fourth-order valence-electron chi connectivity index (χ4n) is 6.82. The van der Waals surface area contributed by atoms with Gasteiger partial charge in [0, 0.05) is 29.4 Å². The van der Waals surface area contributed by atoms with E-state index in [-0.39, 0.29) is 17.4 Å². The van der Waals surface area contributed by atoms with E-state index in [1.54, 1.807) is 16.4 Å². The van der Waals surface area contributed by atoms with Gasteiger partial charge in [-0.05, 0) is 70.1 Å². The van der Waals surface area contributed by atoms with Crippen molar-refractivity contribution >= 4 is 37.9 Å². The number of rotatable bonds is 3. The summed E-state index contributed by atoms with van der Waals surface area (Å²) in [7, 11) is -3.77. The van der Waals surface area contributed by atoms with Gasteiger partial charge in [0.05, 0.1) is 16.6 Å². The predicted molar refractivity (Wildman–Crippen MR) is 169 cm³/mol. The van der Waals surface area contributed by atoms with E-state index in [1.165, 1.54) is 10.8 Å². The maximum Gasteiger partial charge on any atom is 0.264 e. The molecule has 2 aliphatic heterocycles. The van der Waals surface area contributed by atoms with Gasteiger partial charge < -0.3 is 11.1 Å². The average Bonchev–Trinajstić information content (AvgIpc) is 2.97. The number of nitrogens with one attached hydrogen (secondary N) is 1. The number of hydrogen-bond acceptors (Lipinski definition) is 4. The molecule has 6 heteroatoms. The third kappa shape index (κ3) is 3.92. The van der Waals surface area contributed by atoms with Crippen LogP contribution < -0.4 is 15.4 Å². The van der Waals surface area contributed by atoms with Crippen LogP contribution >= 0.6 is 0 Å². The molecular weight excluding hydrogens is 526 g/mol. The first-order valence-electron chi connectivity index (χ1n) is 14.0. The molecule has 2 atom stereocenters. The zero-order valence-corrected chi connectivity index (χ0v) is 24.2. The number of hydrogen-bond donors (Lipinski definition) is 2. The van der Waals surface area contributed by atoms with Crippen molar-refractivity contribution in [2.75, 3.05) is 21.9 Å². The first-order valence-corrected chi connectivity index (χ1v) is 15.5. The summed E-state index contributed by atoms with van der Waals surface area (Å²) in [5.41, 5.74) is 14.0. The highest BCUT2D eigenvalue weighted by atomic mass is 32.2. The lowest BCUT2D eigenvalue weighted by Gasteiger charge is -2.52. The molecule has 0 amide bonds. The van der Waals surface area contributed by atoms with Crippen molar-refractivity contribution in [2.45, 2.75) is 37.1 Å². The number of nitrogens with two attached hydrogens (primary N) is 1. The summed E-state index contributed by atoms with van der Waals surface area (Å²) in [6.45, 7) is 6.77. The number of para-hydroxylation sites is 1. The molecule has 2 aliphatic rings. The first kappa shape index (κ1) is 25.7. The lowest BCUT2D eigenvalue weighted by molar-refractivity contribution is 0.269. The Labute approximate surface area is 241 Å². The number of fused-ring (bicyclic) bond motifs is 5. The Kier molecular flexibility index (Phi) is 5.70. The van der Waals surface area contributed by atoms with Crippen LogP contribution in [0.3, 0.4) is 0 Å². The number of nitrogens with zero attached hydrogens (tertiary/aromatic N) is 1. The third-order valence-corrected chi connectivity index (χ3v) is 10.9. The summed E-state index contributed by atoms with van der Waals surface area (Å²) in [6, 6.07) is 33.9. The van der Waals surface area contributed by atoms with E-state index in [2.05, 4.69) is 79.8 Å². The Morgan fingerprint density at radius 1 is 0.854 bits per heavy atom. The Morgan fingerprint density at radius 2 is 1.56 bits per heavy atom. The zero-order chi connectivity index (χ0) is 28.5. The van der Waals surface area contributed by atoms with Crippen LogP contribution in [0.25, 0.3) is 21.9 Å². The van der Waals surface area contributed by atoms with Gasteiger partial charge >= 0.3 is 0 Å². The van der Waals surface area contributed by atoms with E-state index in [9.17, 15) is 8.42 Å². The van der Waals surface area contributed by atoms with Crippen LogP contribution in [-0.4, -0.2) is 15.0 Å². The van der Waals surface area contributed by atoms with E-state index in [0.29, 0.717) is 17.1 Å². The van der Waals surface area contributed by atoms with Crippen LogP contribution in [0.1, 0.15) is 36.6 Å². The highest BCUT2D eigenvalue weighted by Gasteiger charge is 2.49. The Hall–Kier alpha value is -4.29. The molecule has 0 bridgehead atoms. The van der Waals surface area contributed by atoms with Crippen LogP contribution in [0, 0.1) is 12.8 Å². The van der Waals surface area contributed by atoms with Crippen molar-refractivity contribution in [1.29, 1.82) is 0 Å². The smallest absolute Gasteiger partial charge is 0.264 e. The molecule has 3 N–H and O–H groups in total. The largest absolute Gasteiger partial charge is 0.399 e. The predicted octanol–water partition coefficient (Wildman–Crippen LogP) is 7.67. The van der Waals surface area contributed by atoms with Gasteiger partial charge in [0.2, 0.25) is 0 Å². The van der Waals surface area contributed by atoms with Gasteiger partial charge in [-0.15, -0.1) is 0 Å². The molecule has 5 nitrogen and oxygen atoms in total. The topological polar surface area (TPSA) is 75.4 Å².